The Hall–Kier alpha value is -1.09. The third kappa shape index (κ3) is 3.22. The zero-order valence-corrected chi connectivity index (χ0v) is 11.8. The minimum Gasteiger partial charge on any atom is -0.353 e. The molecule has 0 radical (unpaired) electrons. The van der Waals surface area contributed by atoms with E-state index in [1.165, 1.54) is 24.8 Å². The van der Waals surface area contributed by atoms with E-state index >= 15 is 0 Å². The Bertz CT molecular complexity index is 383. The summed E-state index contributed by atoms with van der Waals surface area (Å²) in [5, 5.41) is 0. The van der Waals surface area contributed by atoms with Gasteiger partial charge in [-0.1, -0.05) is 19.9 Å². The fourth-order valence-electron chi connectivity index (χ4n) is 2.25. The van der Waals surface area contributed by atoms with E-state index in [2.05, 4.69) is 29.8 Å². The van der Waals surface area contributed by atoms with Crippen molar-refractivity contribution >= 4 is 5.82 Å². The highest BCUT2D eigenvalue weighted by molar-refractivity contribution is 5.50. The van der Waals surface area contributed by atoms with Crippen molar-refractivity contribution in [3.8, 4) is 0 Å². The summed E-state index contributed by atoms with van der Waals surface area (Å²) >= 11 is 0. The van der Waals surface area contributed by atoms with E-state index in [9.17, 15) is 0 Å². The maximum absolute atomic E-state index is 6.06. The van der Waals surface area contributed by atoms with Crippen LogP contribution in [0.3, 0.4) is 0 Å². The number of anilines is 1. The Morgan fingerprint density at radius 2 is 2.11 bits per heavy atom. The number of hydrogen-bond donors (Lipinski definition) is 1. The minimum atomic E-state index is 0.0500. The fourth-order valence-corrected chi connectivity index (χ4v) is 2.25. The smallest absolute Gasteiger partial charge is 0.133 e. The highest BCUT2D eigenvalue weighted by Crippen LogP contribution is 2.34. The quantitative estimate of drug-likeness (QED) is 0.840. The molecule has 1 aliphatic rings. The monoisotopic (exact) mass is 247 g/mol. The van der Waals surface area contributed by atoms with Crippen LogP contribution in [0.5, 0.6) is 0 Å². The first-order chi connectivity index (χ1) is 8.59. The van der Waals surface area contributed by atoms with Gasteiger partial charge in [0.25, 0.3) is 0 Å². The molecule has 1 heterocycles. The lowest BCUT2D eigenvalue weighted by Gasteiger charge is -2.27. The number of pyridine rings is 1. The molecule has 18 heavy (non-hydrogen) atoms. The molecule has 1 saturated carbocycles. The number of nitrogens with two attached hydrogens (primary N) is 1. The van der Waals surface area contributed by atoms with Crippen molar-refractivity contribution in [3.63, 3.8) is 0 Å². The van der Waals surface area contributed by atoms with E-state index in [1.807, 2.05) is 19.2 Å². The molecule has 1 aromatic heterocycles. The lowest BCUT2D eigenvalue weighted by molar-refractivity contribution is 0.566. The Morgan fingerprint density at radius 3 is 2.67 bits per heavy atom. The van der Waals surface area contributed by atoms with Crippen LogP contribution in [0.1, 0.15) is 51.6 Å². The second kappa shape index (κ2) is 5.70. The molecule has 1 aromatic rings. The van der Waals surface area contributed by atoms with E-state index in [-0.39, 0.29) is 6.04 Å². The third-order valence-corrected chi connectivity index (χ3v) is 3.51. The Balaban J connectivity index is 2.19. The summed E-state index contributed by atoms with van der Waals surface area (Å²) < 4.78 is 0. The molecule has 2 rings (SSSR count). The van der Waals surface area contributed by atoms with Gasteiger partial charge in [0.2, 0.25) is 0 Å². The van der Waals surface area contributed by atoms with E-state index in [0.717, 1.165) is 18.3 Å². The van der Waals surface area contributed by atoms with Crippen molar-refractivity contribution < 1.29 is 0 Å². The third-order valence-electron chi connectivity index (χ3n) is 3.51. The number of rotatable bonds is 6. The van der Waals surface area contributed by atoms with Crippen LogP contribution < -0.4 is 10.6 Å². The molecule has 1 fully saturated rings. The maximum atomic E-state index is 6.06. The van der Waals surface area contributed by atoms with Crippen molar-refractivity contribution in [2.24, 2.45) is 11.7 Å². The van der Waals surface area contributed by atoms with Gasteiger partial charge in [0.1, 0.15) is 5.82 Å². The van der Waals surface area contributed by atoms with Gasteiger partial charge < -0.3 is 10.6 Å². The van der Waals surface area contributed by atoms with Crippen LogP contribution >= 0.6 is 0 Å². The van der Waals surface area contributed by atoms with Crippen LogP contribution in [-0.2, 0) is 0 Å². The molecular weight excluding hydrogens is 222 g/mol. The summed E-state index contributed by atoms with van der Waals surface area (Å²) in [7, 11) is 0. The van der Waals surface area contributed by atoms with Crippen LogP contribution in [0, 0.1) is 5.92 Å². The number of aromatic nitrogens is 1. The number of hydrogen-bond acceptors (Lipinski definition) is 3. The van der Waals surface area contributed by atoms with Gasteiger partial charge in [0, 0.05) is 30.4 Å². The highest BCUT2D eigenvalue weighted by atomic mass is 15.2. The molecule has 0 amide bonds. The topological polar surface area (TPSA) is 42.2 Å². The van der Waals surface area contributed by atoms with Crippen molar-refractivity contribution in [3.05, 3.63) is 23.9 Å². The Morgan fingerprint density at radius 1 is 1.39 bits per heavy atom. The van der Waals surface area contributed by atoms with Crippen molar-refractivity contribution in [1.29, 1.82) is 0 Å². The van der Waals surface area contributed by atoms with Crippen LogP contribution in [0.2, 0.25) is 0 Å². The van der Waals surface area contributed by atoms with E-state index < -0.39 is 0 Å². The van der Waals surface area contributed by atoms with Gasteiger partial charge in [-0.05, 0) is 38.2 Å². The van der Waals surface area contributed by atoms with Crippen LogP contribution in [0.15, 0.2) is 18.3 Å². The van der Waals surface area contributed by atoms with Crippen LogP contribution in [0.25, 0.3) is 0 Å². The van der Waals surface area contributed by atoms with E-state index in [0.29, 0.717) is 6.04 Å². The van der Waals surface area contributed by atoms with Gasteiger partial charge in [0.15, 0.2) is 0 Å². The second-order valence-electron chi connectivity index (χ2n) is 5.81. The second-order valence-corrected chi connectivity index (χ2v) is 5.81. The normalized spacial score (nSPS) is 16.9. The molecule has 0 aliphatic heterocycles. The van der Waals surface area contributed by atoms with Gasteiger partial charge in [0.05, 0.1) is 0 Å². The van der Waals surface area contributed by atoms with Gasteiger partial charge in [-0.2, -0.15) is 0 Å². The van der Waals surface area contributed by atoms with E-state index in [4.69, 9.17) is 5.73 Å². The molecule has 0 spiro atoms. The molecule has 1 aliphatic carbocycles. The van der Waals surface area contributed by atoms with Gasteiger partial charge >= 0.3 is 0 Å². The van der Waals surface area contributed by atoms with Crippen LogP contribution in [0.4, 0.5) is 5.82 Å². The molecule has 1 atom stereocenters. The van der Waals surface area contributed by atoms with E-state index in [1.54, 1.807) is 0 Å². The highest BCUT2D eigenvalue weighted by Gasteiger charge is 2.31. The molecule has 0 aromatic carbocycles. The molecular formula is C15H25N3. The lowest BCUT2D eigenvalue weighted by Crippen LogP contribution is -2.30. The first-order valence-corrected chi connectivity index (χ1v) is 7.06. The Labute approximate surface area is 110 Å². The van der Waals surface area contributed by atoms with Crippen molar-refractivity contribution in [2.45, 2.75) is 52.1 Å². The molecule has 3 heteroatoms. The SMILES string of the molecule is CC(C)CCN(c1ncccc1[C@@H](C)N)C1CC1. The van der Waals surface area contributed by atoms with Gasteiger partial charge in [-0.3, -0.25) is 0 Å². The van der Waals surface area contributed by atoms with Crippen molar-refractivity contribution in [1.82, 2.24) is 4.98 Å². The average Bonchev–Trinajstić information content (AvgIpc) is 3.14. The number of nitrogens with zero attached hydrogens (tertiary/aromatic N) is 2. The average molecular weight is 247 g/mol. The van der Waals surface area contributed by atoms with Gasteiger partial charge in [-0.25, -0.2) is 4.98 Å². The minimum absolute atomic E-state index is 0.0500. The van der Waals surface area contributed by atoms with Crippen LogP contribution in [-0.4, -0.2) is 17.6 Å². The molecule has 0 bridgehead atoms. The summed E-state index contributed by atoms with van der Waals surface area (Å²) in [6.45, 7) is 7.68. The molecule has 0 saturated heterocycles. The molecule has 0 unspecified atom stereocenters. The first-order valence-electron chi connectivity index (χ1n) is 7.06. The van der Waals surface area contributed by atoms with Gasteiger partial charge in [-0.15, -0.1) is 0 Å². The van der Waals surface area contributed by atoms with Crippen molar-refractivity contribution in [2.75, 3.05) is 11.4 Å². The zero-order valence-electron chi connectivity index (χ0n) is 11.8. The predicted molar refractivity (Wildman–Crippen MR) is 76.7 cm³/mol. The zero-order chi connectivity index (χ0) is 13.1. The first kappa shape index (κ1) is 13.3. The summed E-state index contributed by atoms with van der Waals surface area (Å²) in [6.07, 6.45) is 5.69. The molecule has 100 valence electrons. The molecule has 3 nitrogen and oxygen atoms in total. The maximum Gasteiger partial charge on any atom is 0.133 e. The summed E-state index contributed by atoms with van der Waals surface area (Å²) in [5.74, 6) is 1.84. The fraction of sp³-hybridized carbons (Fsp3) is 0.667. The lowest BCUT2D eigenvalue weighted by atomic mass is 10.1. The Kier molecular flexibility index (Phi) is 4.23. The largest absolute Gasteiger partial charge is 0.353 e. The summed E-state index contributed by atoms with van der Waals surface area (Å²) in [4.78, 5) is 7.06. The summed E-state index contributed by atoms with van der Waals surface area (Å²) in [5.41, 5.74) is 7.24. The summed E-state index contributed by atoms with van der Waals surface area (Å²) in [6, 6.07) is 4.83. The predicted octanol–water partition coefficient (Wildman–Crippen LogP) is 3.12. The molecule has 2 N–H and O–H groups in total. The standard InChI is InChI=1S/C15H25N3/c1-11(2)8-10-18(13-6-7-13)15-14(12(3)16)5-4-9-17-15/h4-5,9,11-13H,6-8,10,16H2,1-3H3/t12-/m1/s1.